The van der Waals surface area contributed by atoms with Crippen LogP contribution in [0.1, 0.15) is 42.5 Å². The first kappa shape index (κ1) is 21.2. The van der Waals surface area contributed by atoms with Crippen LogP contribution in [-0.2, 0) is 17.8 Å². The Kier molecular flexibility index (Phi) is 7.27. The number of hydrogen-bond donors (Lipinski definition) is 1. The van der Waals surface area contributed by atoms with Crippen LogP contribution in [0.3, 0.4) is 0 Å². The summed E-state index contributed by atoms with van der Waals surface area (Å²) in [7, 11) is 0. The first-order valence-corrected chi connectivity index (χ1v) is 10.1. The van der Waals surface area contributed by atoms with E-state index in [9.17, 15) is 14.9 Å². The molecule has 3 rings (SSSR count). The Bertz CT molecular complexity index is 971. The van der Waals surface area contributed by atoms with E-state index in [0.717, 1.165) is 29.5 Å². The molecule has 0 aliphatic carbocycles. The predicted octanol–water partition coefficient (Wildman–Crippen LogP) is 4.13. The van der Waals surface area contributed by atoms with Gasteiger partial charge in [0, 0.05) is 24.3 Å². The Morgan fingerprint density at radius 2 is 1.63 bits per heavy atom. The molecule has 1 unspecified atom stereocenters. The normalized spacial score (nSPS) is 11.6. The fraction of sp³-hybridized carbons (Fsp3) is 0.250. The van der Waals surface area contributed by atoms with E-state index in [4.69, 9.17) is 0 Å². The second-order valence-electron chi connectivity index (χ2n) is 7.30. The summed E-state index contributed by atoms with van der Waals surface area (Å²) < 4.78 is 1.85. The van der Waals surface area contributed by atoms with Crippen molar-refractivity contribution in [2.45, 2.75) is 38.8 Å². The van der Waals surface area contributed by atoms with Crippen LogP contribution in [0.5, 0.6) is 0 Å². The van der Waals surface area contributed by atoms with Crippen LogP contribution in [0.2, 0.25) is 0 Å². The average Bonchev–Trinajstić information content (AvgIpc) is 2.76. The second-order valence-corrected chi connectivity index (χ2v) is 7.30. The fourth-order valence-electron chi connectivity index (χ4n) is 3.38. The van der Waals surface area contributed by atoms with Gasteiger partial charge in [-0.15, -0.1) is 0 Å². The van der Waals surface area contributed by atoms with Crippen molar-refractivity contribution < 1.29 is 14.3 Å². The number of non-ortho nitro benzene ring substituents is 1. The monoisotopic (exact) mass is 404 g/mol. The number of benzene rings is 2. The number of carbonyl (C=O) groups excluding carboxylic acids is 1. The van der Waals surface area contributed by atoms with E-state index in [2.05, 4.69) is 12.2 Å². The van der Waals surface area contributed by atoms with Gasteiger partial charge in [0.15, 0.2) is 12.4 Å². The molecule has 0 bridgehead atoms. The molecule has 0 radical (unpaired) electrons. The molecule has 1 atom stereocenters. The van der Waals surface area contributed by atoms with Crippen LogP contribution in [0.4, 0.5) is 5.69 Å². The van der Waals surface area contributed by atoms with E-state index < -0.39 is 4.92 Å². The minimum atomic E-state index is -0.400. The summed E-state index contributed by atoms with van der Waals surface area (Å²) in [5.41, 5.74) is 3.29. The van der Waals surface area contributed by atoms with Gasteiger partial charge in [-0.25, -0.2) is 0 Å². The van der Waals surface area contributed by atoms with Crippen LogP contribution >= 0.6 is 0 Å². The molecule has 6 heteroatoms. The van der Waals surface area contributed by atoms with E-state index >= 15 is 0 Å². The number of pyridine rings is 1. The topological polar surface area (TPSA) is 76.1 Å². The van der Waals surface area contributed by atoms with Crippen LogP contribution in [0, 0.1) is 10.1 Å². The highest BCUT2D eigenvalue weighted by Gasteiger charge is 2.16. The molecule has 0 saturated carbocycles. The molecular weight excluding hydrogens is 378 g/mol. The number of rotatable bonds is 9. The molecule has 30 heavy (non-hydrogen) atoms. The molecule has 2 aromatic carbocycles. The number of nitrogens with zero attached hydrogens (tertiary/aromatic N) is 2. The minimum absolute atomic E-state index is 0.0192. The molecule has 3 aromatic rings. The quantitative estimate of drug-likeness (QED) is 0.331. The molecule has 1 heterocycles. The van der Waals surface area contributed by atoms with Gasteiger partial charge in [-0.3, -0.25) is 14.9 Å². The number of hydrogen-bond acceptors (Lipinski definition) is 3. The van der Waals surface area contributed by atoms with Gasteiger partial charge in [0.1, 0.15) is 0 Å². The van der Waals surface area contributed by atoms with Crippen LogP contribution in [-0.4, -0.2) is 10.8 Å². The SMILES string of the molecule is CCCC(NC(=O)C[n+]1ccc(Cc2ccc([N+](=O)[O-])cc2)cc1)c1ccccc1. The molecular formula is C24H26N3O3+. The van der Waals surface area contributed by atoms with Gasteiger partial charge >= 0.3 is 0 Å². The summed E-state index contributed by atoms with van der Waals surface area (Å²) in [5, 5.41) is 13.9. The van der Waals surface area contributed by atoms with E-state index in [1.807, 2.05) is 59.4 Å². The Balaban J connectivity index is 1.57. The van der Waals surface area contributed by atoms with Gasteiger partial charge in [-0.1, -0.05) is 55.8 Å². The third-order valence-electron chi connectivity index (χ3n) is 4.96. The van der Waals surface area contributed by atoms with Crippen molar-refractivity contribution in [2.75, 3.05) is 0 Å². The standard InChI is InChI=1S/C24H25N3O3/c1-2-6-23(21-7-4-3-5-8-21)25-24(28)18-26-15-13-20(14-16-26)17-19-9-11-22(12-10-19)27(29)30/h3-5,7-16,23H,2,6,17-18H2,1H3/p+1. The van der Waals surface area contributed by atoms with Gasteiger partial charge < -0.3 is 5.32 Å². The van der Waals surface area contributed by atoms with Gasteiger partial charge in [0.25, 0.3) is 11.6 Å². The van der Waals surface area contributed by atoms with Crippen molar-refractivity contribution in [2.24, 2.45) is 0 Å². The molecule has 6 nitrogen and oxygen atoms in total. The van der Waals surface area contributed by atoms with Crippen molar-refractivity contribution in [1.29, 1.82) is 0 Å². The summed E-state index contributed by atoms with van der Waals surface area (Å²) in [5.74, 6) is -0.0228. The number of aromatic nitrogens is 1. The van der Waals surface area contributed by atoms with Crippen molar-refractivity contribution in [3.63, 3.8) is 0 Å². The zero-order valence-corrected chi connectivity index (χ0v) is 17.0. The molecule has 1 N–H and O–H groups in total. The number of nitrogens with one attached hydrogen (secondary N) is 1. The Hall–Kier alpha value is -3.54. The van der Waals surface area contributed by atoms with Crippen molar-refractivity contribution in [1.82, 2.24) is 5.32 Å². The Morgan fingerprint density at radius 3 is 2.23 bits per heavy atom. The first-order chi connectivity index (χ1) is 14.5. The van der Waals surface area contributed by atoms with E-state index in [0.29, 0.717) is 6.42 Å². The minimum Gasteiger partial charge on any atom is -0.344 e. The van der Waals surface area contributed by atoms with E-state index in [-0.39, 0.29) is 24.2 Å². The lowest BCUT2D eigenvalue weighted by Gasteiger charge is -2.17. The number of nitro groups is 1. The fourth-order valence-corrected chi connectivity index (χ4v) is 3.38. The molecule has 1 amide bonds. The summed E-state index contributed by atoms with van der Waals surface area (Å²) in [6, 6.07) is 20.6. The maximum Gasteiger partial charge on any atom is 0.286 e. The first-order valence-electron chi connectivity index (χ1n) is 10.1. The van der Waals surface area contributed by atoms with E-state index in [1.165, 1.54) is 12.1 Å². The largest absolute Gasteiger partial charge is 0.344 e. The highest BCUT2D eigenvalue weighted by atomic mass is 16.6. The highest BCUT2D eigenvalue weighted by molar-refractivity contribution is 5.74. The molecule has 1 aromatic heterocycles. The maximum atomic E-state index is 12.5. The second kappa shape index (κ2) is 10.3. The van der Waals surface area contributed by atoms with Crippen LogP contribution in [0.15, 0.2) is 79.1 Å². The Morgan fingerprint density at radius 1 is 1.00 bits per heavy atom. The average molecular weight is 404 g/mol. The number of carbonyl (C=O) groups is 1. The molecule has 0 aliphatic rings. The highest BCUT2D eigenvalue weighted by Crippen LogP contribution is 2.18. The smallest absolute Gasteiger partial charge is 0.286 e. The number of amides is 1. The van der Waals surface area contributed by atoms with Crippen molar-refractivity contribution >= 4 is 11.6 Å². The van der Waals surface area contributed by atoms with Crippen molar-refractivity contribution in [3.8, 4) is 0 Å². The maximum absolute atomic E-state index is 12.5. The van der Waals surface area contributed by atoms with Gasteiger partial charge in [-0.05, 0) is 29.5 Å². The molecule has 0 spiro atoms. The number of nitro benzene ring substituents is 1. The lowest BCUT2D eigenvalue weighted by Crippen LogP contribution is -2.43. The molecule has 0 fully saturated rings. The van der Waals surface area contributed by atoms with Gasteiger partial charge in [0.05, 0.1) is 11.0 Å². The molecule has 154 valence electrons. The predicted molar refractivity (Wildman–Crippen MR) is 115 cm³/mol. The van der Waals surface area contributed by atoms with Gasteiger partial charge in [0.2, 0.25) is 6.54 Å². The molecule has 0 saturated heterocycles. The summed E-state index contributed by atoms with van der Waals surface area (Å²) in [4.78, 5) is 22.9. The Labute approximate surface area is 176 Å². The lowest BCUT2D eigenvalue weighted by molar-refractivity contribution is -0.684. The zero-order chi connectivity index (χ0) is 21.3. The van der Waals surface area contributed by atoms with E-state index in [1.54, 1.807) is 12.1 Å². The van der Waals surface area contributed by atoms with Crippen molar-refractivity contribution in [3.05, 3.63) is 106 Å². The summed E-state index contributed by atoms with van der Waals surface area (Å²) in [6.07, 6.45) is 6.34. The van der Waals surface area contributed by atoms with Gasteiger partial charge in [-0.2, -0.15) is 4.57 Å². The summed E-state index contributed by atoms with van der Waals surface area (Å²) in [6.45, 7) is 2.37. The third kappa shape index (κ3) is 5.98. The zero-order valence-electron chi connectivity index (χ0n) is 17.0. The third-order valence-corrected chi connectivity index (χ3v) is 4.96. The van der Waals surface area contributed by atoms with Crippen LogP contribution in [0.25, 0.3) is 0 Å². The summed E-state index contributed by atoms with van der Waals surface area (Å²) >= 11 is 0. The van der Waals surface area contributed by atoms with Crippen LogP contribution < -0.4 is 9.88 Å². The lowest BCUT2D eigenvalue weighted by atomic mass is 10.0. The molecule has 0 aliphatic heterocycles.